The van der Waals surface area contributed by atoms with Gasteiger partial charge in [-0.3, -0.25) is 0 Å². The number of aliphatic hydroxyl groups excluding tert-OH is 1. The van der Waals surface area contributed by atoms with E-state index in [1.54, 1.807) is 0 Å². The lowest BCUT2D eigenvalue weighted by atomic mass is 9.81. The van der Waals surface area contributed by atoms with Crippen molar-refractivity contribution in [2.24, 2.45) is 0 Å². The van der Waals surface area contributed by atoms with E-state index in [9.17, 15) is 15.2 Å². The van der Waals surface area contributed by atoms with Crippen molar-refractivity contribution in [2.75, 3.05) is 0 Å². The molecule has 5 nitrogen and oxygen atoms in total. The normalized spacial score (nSPS) is 11.9. The molecule has 154 valence electrons. The van der Waals surface area contributed by atoms with Crippen molar-refractivity contribution in [3.63, 3.8) is 0 Å². The zero-order valence-corrected chi connectivity index (χ0v) is 18.9. The van der Waals surface area contributed by atoms with Gasteiger partial charge in [0.25, 0.3) is 0 Å². The number of pyridine rings is 1. The van der Waals surface area contributed by atoms with Crippen LogP contribution in [-0.4, -0.2) is 16.1 Å². The molecule has 0 spiro atoms. The summed E-state index contributed by atoms with van der Waals surface area (Å²) in [6, 6.07) is 6.93. The van der Waals surface area contributed by atoms with Crippen molar-refractivity contribution in [2.45, 2.75) is 59.0 Å². The Bertz CT molecular complexity index is 997. The number of carbonyl (C=O) groups is 1. The molecule has 0 saturated heterocycles. The van der Waals surface area contributed by atoms with Crippen LogP contribution in [0.25, 0.3) is 0 Å². The number of benzene rings is 1. The number of rotatable bonds is 3. The molecule has 0 aliphatic carbocycles. The van der Waals surface area contributed by atoms with Crippen LogP contribution < -0.4 is 4.74 Å². The maximum absolute atomic E-state index is 12.9. The van der Waals surface area contributed by atoms with Gasteiger partial charge >= 0.3 is 5.97 Å². The Hall–Kier alpha value is -2.13. The predicted octanol–water partition coefficient (Wildman–Crippen LogP) is 5.57. The summed E-state index contributed by atoms with van der Waals surface area (Å²) in [6.45, 7) is 11.4. The van der Waals surface area contributed by atoms with Crippen LogP contribution in [0, 0.1) is 11.3 Å². The van der Waals surface area contributed by atoms with E-state index < -0.39 is 12.6 Å². The van der Waals surface area contributed by atoms with Gasteiger partial charge in [-0.05, 0) is 29.2 Å². The van der Waals surface area contributed by atoms with Crippen LogP contribution >= 0.6 is 23.2 Å². The van der Waals surface area contributed by atoms with Crippen molar-refractivity contribution in [1.29, 1.82) is 5.26 Å². The third kappa shape index (κ3) is 4.90. The lowest BCUT2D eigenvalue weighted by Crippen LogP contribution is -2.22. The SMILES string of the molecule is CC(C)(C)c1cc(C(C)(C)C)c(C#N)c(OC(=O)c2c(Cl)ccc(Cl)c2CO)n1. The van der Waals surface area contributed by atoms with Crippen LogP contribution in [0.1, 0.15) is 74.3 Å². The number of carbonyl (C=O) groups excluding carboxylic acids is 1. The summed E-state index contributed by atoms with van der Waals surface area (Å²) in [5.74, 6) is -0.925. The quantitative estimate of drug-likeness (QED) is 0.638. The number of halogens is 2. The van der Waals surface area contributed by atoms with E-state index in [0.29, 0.717) is 5.69 Å². The van der Waals surface area contributed by atoms with Crippen molar-refractivity contribution in [3.05, 3.63) is 56.2 Å². The Kier molecular flexibility index (Phi) is 6.64. The molecule has 0 fully saturated rings. The molecular weight excluding hydrogens is 411 g/mol. The summed E-state index contributed by atoms with van der Waals surface area (Å²) in [5.41, 5.74) is 0.989. The molecule has 1 heterocycles. The summed E-state index contributed by atoms with van der Waals surface area (Å²) >= 11 is 12.2. The Labute approximate surface area is 181 Å². The van der Waals surface area contributed by atoms with Gasteiger partial charge in [0.1, 0.15) is 11.6 Å². The molecule has 2 rings (SSSR count). The molecule has 7 heteroatoms. The largest absolute Gasteiger partial charge is 0.402 e. The summed E-state index contributed by atoms with van der Waals surface area (Å²) in [5, 5.41) is 19.7. The topological polar surface area (TPSA) is 83.2 Å². The summed E-state index contributed by atoms with van der Waals surface area (Å²) < 4.78 is 5.55. The second-order valence-corrected chi connectivity index (χ2v) is 9.59. The lowest BCUT2D eigenvalue weighted by Gasteiger charge is -2.26. The molecule has 0 aliphatic heterocycles. The molecule has 0 aliphatic rings. The number of nitriles is 1. The van der Waals surface area contributed by atoms with Crippen molar-refractivity contribution < 1.29 is 14.6 Å². The Balaban J connectivity index is 2.69. The number of hydrogen-bond donors (Lipinski definition) is 1. The monoisotopic (exact) mass is 434 g/mol. The van der Waals surface area contributed by atoms with Crippen molar-refractivity contribution >= 4 is 29.2 Å². The van der Waals surface area contributed by atoms with Crippen LogP contribution in [0.3, 0.4) is 0 Å². The molecular formula is C22H24Cl2N2O3. The Morgan fingerprint density at radius 1 is 1.14 bits per heavy atom. The minimum atomic E-state index is -0.837. The third-order valence-electron chi connectivity index (χ3n) is 4.43. The van der Waals surface area contributed by atoms with Crippen LogP contribution in [0.2, 0.25) is 10.0 Å². The first kappa shape index (κ1) is 23.2. The lowest BCUT2D eigenvalue weighted by molar-refractivity contribution is 0.0722. The second-order valence-electron chi connectivity index (χ2n) is 8.78. The predicted molar refractivity (Wildman–Crippen MR) is 114 cm³/mol. The maximum Gasteiger partial charge on any atom is 0.346 e. The van der Waals surface area contributed by atoms with Crippen LogP contribution in [0.5, 0.6) is 5.88 Å². The highest BCUT2D eigenvalue weighted by atomic mass is 35.5. The van der Waals surface area contributed by atoms with E-state index in [4.69, 9.17) is 27.9 Å². The number of aromatic nitrogens is 1. The molecule has 2 aromatic rings. The minimum Gasteiger partial charge on any atom is -0.402 e. The molecule has 29 heavy (non-hydrogen) atoms. The summed E-state index contributed by atoms with van der Waals surface area (Å²) in [4.78, 5) is 17.4. The first-order chi connectivity index (χ1) is 13.3. The third-order valence-corrected chi connectivity index (χ3v) is 5.10. The van der Waals surface area contributed by atoms with Gasteiger partial charge < -0.3 is 9.84 Å². The number of aliphatic hydroxyl groups is 1. The number of hydrogen-bond acceptors (Lipinski definition) is 5. The average molecular weight is 435 g/mol. The summed E-state index contributed by atoms with van der Waals surface area (Å²) in [7, 11) is 0. The fourth-order valence-corrected chi connectivity index (χ4v) is 3.26. The fourth-order valence-electron chi connectivity index (χ4n) is 2.79. The van der Waals surface area contributed by atoms with E-state index in [-0.39, 0.29) is 43.4 Å². The highest BCUT2D eigenvalue weighted by molar-refractivity contribution is 6.36. The van der Waals surface area contributed by atoms with E-state index in [2.05, 4.69) is 11.1 Å². The molecule has 0 amide bonds. The van der Waals surface area contributed by atoms with Gasteiger partial charge in [0, 0.05) is 16.0 Å². The summed E-state index contributed by atoms with van der Waals surface area (Å²) in [6.07, 6.45) is 0. The van der Waals surface area contributed by atoms with E-state index in [1.807, 2.05) is 47.6 Å². The van der Waals surface area contributed by atoms with Gasteiger partial charge in [0.15, 0.2) is 0 Å². The van der Waals surface area contributed by atoms with Gasteiger partial charge in [-0.2, -0.15) is 5.26 Å². The molecule has 0 radical (unpaired) electrons. The van der Waals surface area contributed by atoms with E-state index >= 15 is 0 Å². The van der Waals surface area contributed by atoms with Crippen molar-refractivity contribution in [3.8, 4) is 11.9 Å². The second kappa shape index (κ2) is 8.31. The number of nitrogens with zero attached hydrogens (tertiary/aromatic N) is 2. The molecule has 0 unspecified atom stereocenters. The zero-order valence-electron chi connectivity index (χ0n) is 17.4. The van der Waals surface area contributed by atoms with Gasteiger partial charge in [0.2, 0.25) is 5.88 Å². The van der Waals surface area contributed by atoms with Gasteiger partial charge in [-0.15, -0.1) is 0 Å². The molecule has 0 bridgehead atoms. The zero-order chi connectivity index (χ0) is 22.1. The van der Waals surface area contributed by atoms with Crippen LogP contribution in [0.4, 0.5) is 0 Å². The van der Waals surface area contributed by atoms with Gasteiger partial charge in [0.05, 0.1) is 22.9 Å². The van der Waals surface area contributed by atoms with Crippen LogP contribution in [-0.2, 0) is 17.4 Å². The average Bonchev–Trinajstić information content (AvgIpc) is 2.60. The molecule has 1 aromatic carbocycles. The smallest absolute Gasteiger partial charge is 0.346 e. The maximum atomic E-state index is 12.9. The van der Waals surface area contributed by atoms with Gasteiger partial charge in [-0.25, -0.2) is 9.78 Å². The van der Waals surface area contributed by atoms with Gasteiger partial charge in [-0.1, -0.05) is 64.7 Å². The molecule has 0 saturated carbocycles. The Morgan fingerprint density at radius 2 is 1.72 bits per heavy atom. The van der Waals surface area contributed by atoms with Crippen LogP contribution in [0.15, 0.2) is 18.2 Å². The Morgan fingerprint density at radius 3 is 2.21 bits per heavy atom. The fraction of sp³-hybridized carbons (Fsp3) is 0.409. The first-order valence-corrected chi connectivity index (χ1v) is 9.82. The molecule has 1 aromatic heterocycles. The van der Waals surface area contributed by atoms with Crippen molar-refractivity contribution in [1.82, 2.24) is 4.98 Å². The number of ether oxygens (including phenoxy) is 1. The molecule has 1 N–H and O–H groups in total. The highest BCUT2D eigenvalue weighted by Crippen LogP contribution is 2.35. The standard InChI is InChI=1S/C22H24Cl2N2O3/c1-21(2,3)14-9-17(22(4,5)6)26-19(12(14)10-25)29-20(28)18-13(11-27)15(23)7-8-16(18)24/h7-9,27H,11H2,1-6H3. The van der Waals surface area contributed by atoms with E-state index in [0.717, 1.165) is 5.56 Å². The number of esters is 1. The molecule has 0 atom stereocenters. The minimum absolute atomic E-state index is 0.0502. The van der Waals surface area contributed by atoms with E-state index in [1.165, 1.54) is 12.1 Å². The first-order valence-electron chi connectivity index (χ1n) is 9.07. The highest BCUT2D eigenvalue weighted by Gasteiger charge is 2.29.